The molecule has 0 aliphatic heterocycles. The first-order valence-electron chi connectivity index (χ1n) is 3.96. The van der Waals surface area contributed by atoms with E-state index in [9.17, 15) is 10.1 Å². The molecule has 0 heterocycles. The summed E-state index contributed by atoms with van der Waals surface area (Å²) in [7, 11) is 6.00. The summed E-state index contributed by atoms with van der Waals surface area (Å²) in [6.45, 7) is 0. The molecule has 0 aliphatic rings. The lowest BCUT2D eigenvalue weighted by Crippen LogP contribution is -1.99. The number of hydrogen-bond acceptors (Lipinski definition) is 4. The topological polar surface area (TPSA) is 72.4 Å². The normalized spacial score (nSPS) is 9.14. The highest BCUT2D eigenvalue weighted by Gasteiger charge is 2.02. The van der Waals surface area contributed by atoms with E-state index in [1.54, 1.807) is 6.07 Å². The van der Waals surface area contributed by atoms with Crippen molar-refractivity contribution in [1.29, 1.82) is 0 Å². The molecular formula is C9H14N3O2. The Kier molecular flexibility index (Phi) is 5.24. The van der Waals surface area contributed by atoms with Crippen LogP contribution < -0.4 is 5.73 Å². The van der Waals surface area contributed by atoms with E-state index in [4.69, 9.17) is 5.73 Å². The van der Waals surface area contributed by atoms with E-state index in [2.05, 4.69) is 6.07 Å². The number of nitro groups is 1. The number of nitro benzene ring substituents is 1. The molecule has 1 aromatic rings. The number of nitrogens with zero attached hydrogens (tertiary/aromatic N) is 2. The van der Waals surface area contributed by atoms with Crippen LogP contribution in [0.25, 0.3) is 0 Å². The van der Waals surface area contributed by atoms with Crippen LogP contribution in [0.3, 0.4) is 0 Å². The van der Waals surface area contributed by atoms with Gasteiger partial charge >= 0.3 is 0 Å². The zero-order valence-corrected chi connectivity index (χ0v) is 8.52. The molecule has 77 valence electrons. The van der Waals surface area contributed by atoms with Crippen LogP contribution >= 0.6 is 0 Å². The second-order valence-corrected chi connectivity index (χ2v) is 3.11. The number of benzene rings is 1. The molecule has 1 radical (unpaired) electrons. The second kappa shape index (κ2) is 5.93. The Morgan fingerprint density at radius 2 is 2.00 bits per heavy atom. The molecular weight excluding hydrogens is 182 g/mol. The van der Waals surface area contributed by atoms with Crippen molar-refractivity contribution in [2.24, 2.45) is 0 Å². The molecule has 1 rings (SSSR count). The number of nitrogens with two attached hydrogens (primary N) is 1. The summed E-state index contributed by atoms with van der Waals surface area (Å²) in [6.07, 6.45) is 0. The van der Waals surface area contributed by atoms with E-state index in [1.165, 1.54) is 12.1 Å². The highest BCUT2D eigenvalue weighted by molar-refractivity contribution is 5.46. The van der Waals surface area contributed by atoms with Gasteiger partial charge in [0.05, 0.1) is 11.0 Å². The Morgan fingerprint density at radius 3 is 2.29 bits per heavy atom. The van der Waals surface area contributed by atoms with Gasteiger partial charge in [-0.3, -0.25) is 10.1 Å². The van der Waals surface area contributed by atoms with Crippen molar-refractivity contribution in [3.8, 4) is 0 Å². The highest BCUT2D eigenvalue weighted by atomic mass is 16.6. The van der Waals surface area contributed by atoms with E-state index in [-0.39, 0.29) is 5.69 Å². The van der Waals surface area contributed by atoms with Crippen LogP contribution in [0, 0.1) is 16.2 Å². The number of hydrogen-bond donors (Lipinski definition) is 1. The van der Waals surface area contributed by atoms with Crippen molar-refractivity contribution >= 4 is 11.4 Å². The molecule has 2 N–H and O–H groups in total. The van der Waals surface area contributed by atoms with Crippen molar-refractivity contribution in [3.63, 3.8) is 0 Å². The zero-order valence-electron chi connectivity index (χ0n) is 8.52. The molecule has 0 aliphatic carbocycles. The lowest BCUT2D eigenvalue weighted by atomic mass is 10.3. The van der Waals surface area contributed by atoms with Gasteiger partial charge in [-0.2, -0.15) is 0 Å². The summed E-state index contributed by atoms with van der Waals surface area (Å²) in [5.41, 5.74) is 5.55. The standard InChI is InChI=1S/C6H5N2O2.C3H9N/c7-5-2-1-3-6(4-5)8(9)10;1-4(2)3/h1-2,4H,7H2;1-3H3. The van der Waals surface area contributed by atoms with Crippen molar-refractivity contribution in [2.75, 3.05) is 26.9 Å². The van der Waals surface area contributed by atoms with Crippen LogP contribution in [-0.2, 0) is 0 Å². The molecule has 5 nitrogen and oxygen atoms in total. The Labute approximate surface area is 83.3 Å². The van der Waals surface area contributed by atoms with Gasteiger partial charge in [0.1, 0.15) is 0 Å². The quantitative estimate of drug-likeness (QED) is 0.415. The molecule has 5 heteroatoms. The van der Waals surface area contributed by atoms with E-state index in [0.29, 0.717) is 5.69 Å². The summed E-state index contributed by atoms with van der Waals surface area (Å²) < 4.78 is 0. The van der Waals surface area contributed by atoms with E-state index >= 15 is 0 Å². The zero-order chi connectivity index (χ0) is 11.1. The molecule has 14 heavy (non-hydrogen) atoms. The van der Waals surface area contributed by atoms with Crippen molar-refractivity contribution in [3.05, 3.63) is 34.4 Å². The summed E-state index contributed by atoms with van der Waals surface area (Å²) >= 11 is 0. The van der Waals surface area contributed by atoms with Gasteiger partial charge in [0.2, 0.25) is 0 Å². The number of nitrogen functional groups attached to an aromatic ring is 1. The summed E-state index contributed by atoms with van der Waals surface area (Å²) in [6, 6.07) is 6.67. The maximum absolute atomic E-state index is 10.1. The van der Waals surface area contributed by atoms with Gasteiger partial charge < -0.3 is 10.6 Å². The summed E-state index contributed by atoms with van der Waals surface area (Å²) in [4.78, 5) is 11.5. The largest absolute Gasteiger partial charge is 0.399 e. The molecule has 0 spiro atoms. The van der Waals surface area contributed by atoms with Gasteiger partial charge in [-0.25, -0.2) is 0 Å². The predicted octanol–water partition coefficient (Wildman–Crippen LogP) is 1.15. The van der Waals surface area contributed by atoms with Crippen LogP contribution in [0.4, 0.5) is 11.4 Å². The van der Waals surface area contributed by atoms with Crippen LogP contribution in [0.5, 0.6) is 0 Å². The Bertz CT molecular complexity index is 297. The molecule has 0 saturated carbocycles. The van der Waals surface area contributed by atoms with E-state index < -0.39 is 4.92 Å². The summed E-state index contributed by atoms with van der Waals surface area (Å²) in [5, 5.41) is 10.1. The first-order chi connectivity index (χ1) is 6.43. The average Bonchev–Trinajstić information content (AvgIpc) is 2.03. The molecule has 0 atom stereocenters. The summed E-state index contributed by atoms with van der Waals surface area (Å²) in [5.74, 6) is 0. The third-order valence-electron chi connectivity index (χ3n) is 1.01. The van der Waals surface area contributed by atoms with Crippen LogP contribution in [0.2, 0.25) is 0 Å². The molecule has 1 aromatic carbocycles. The van der Waals surface area contributed by atoms with E-state index in [0.717, 1.165) is 0 Å². The third-order valence-corrected chi connectivity index (χ3v) is 1.01. The average molecular weight is 196 g/mol. The minimum absolute atomic E-state index is 0.0972. The fourth-order valence-electron chi connectivity index (χ4n) is 0.576. The minimum Gasteiger partial charge on any atom is -0.399 e. The highest BCUT2D eigenvalue weighted by Crippen LogP contribution is 2.12. The SMILES string of the molecule is CN(C)C.Nc1cc[c]c([N+](=O)[O-])c1. The van der Waals surface area contributed by atoms with Gasteiger partial charge in [0.15, 0.2) is 0 Å². The fourth-order valence-corrected chi connectivity index (χ4v) is 0.576. The van der Waals surface area contributed by atoms with Crippen molar-refractivity contribution < 1.29 is 4.92 Å². The molecule has 0 fully saturated rings. The van der Waals surface area contributed by atoms with Gasteiger partial charge in [0.25, 0.3) is 5.69 Å². The van der Waals surface area contributed by atoms with Gasteiger partial charge in [-0.1, -0.05) is 0 Å². The number of anilines is 1. The van der Waals surface area contributed by atoms with Gasteiger partial charge in [-0.15, -0.1) is 0 Å². The van der Waals surface area contributed by atoms with Gasteiger partial charge in [-0.05, 0) is 33.3 Å². The molecule has 0 bridgehead atoms. The fraction of sp³-hybridized carbons (Fsp3) is 0.333. The van der Waals surface area contributed by atoms with E-state index in [1.807, 2.05) is 26.0 Å². The van der Waals surface area contributed by atoms with Crippen LogP contribution in [0.15, 0.2) is 18.2 Å². The Hall–Kier alpha value is -1.62. The van der Waals surface area contributed by atoms with Crippen LogP contribution in [-0.4, -0.2) is 31.0 Å². The maximum atomic E-state index is 10.1. The van der Waals surface area contributed by atoms with Gasteiger partial charge in [0, 0.05) is 11.8 Å². The third kappa shape index (κ3) is 5.96. The first kappa shape index (κ1) is 12.4. The maximum Gasteiger partial charge on any atom is 0.279 e. The predicted molar refractivity (Wildman–Crippen MR) is 56.0 cm³/mol. The minimum atomic E-state index is -0.531. The van der Waals surface area contributed by atoms with Crippen LogP contribution in [0.1, 0.15) is 0 Å². The lowest BCUT2D eigenvalue weighted by Gasteiger charge is -1.90. The molecule has 0 amide bonds. The Morgan fingerprint density at radius 1 is 1.50 bits per heavy atom. The van der Waals surface area contributed by atoms with Crippen molar-refractivity contribution in [1.82, 2.24) is 4.90 Å². The van der Waals surface area contributed by atoms with Crippen molar-refractivity contribution in [2.45, 2.75) is 0 Å². The first-order valence-corrected chi connectivity index (χ1v) is 3.96. The lowest BCUT2D eigenvalue weighted by molar-refractivity contribution is -0.385. The molecule has 0 unspecified atom stereocenters. The smallest absolute Gasteiger partial charge is 0.279 e. The monoisotopic (exact) mass is 196 g/mol. The molecule has 0 saturated heterocycles. The molecule has 0 aromatic heterocycles. The number of non-ortho nitro benzene ring substituents is 1. The second-order valence-electron chi connectivity index (χ2n) is 3.11. The Balaban J connectivity index is 0.000000364. The number of rotatable bonds is 1.